The van der Waals surface area contributed by atoms with Gasteiger partial charge in [-0.15, -0.1) is 0 Å². The van der Waals surface area contributed by atoms with Gasteiger partial charge in [-0.25, -0.2) is 13.4 Å². The fourth-order valence-electron chi connectivity index (χ4n) is 2.42. The first-order valence-corrected chi connectivity index (χ1v) is 8.20. The van der Waals surface area contributed by atoms with Crippen LogP contribution < -0.4 is 5.32 Å². The maximum Gasteiger partial charge on any atom is 0.251 e. The quantitative estimate of drug-likeness (QED) is 0.825. The number of nitrogens with zero attached hydrogens (tertiary/aromatic N) is 2. The molecular formula is C15H13N3O4S. The predicted octanol–water partition coefficient (Wildman–Crippen LogP) is 0.906. The molecular weight excluding hydrogens is 318 g/mol. The zero-order chi connectivity index (χ0) is 16.6. The number of sulfonamides is 1. The summed E-state index contributed by atoms with van der Waals surface area (Å²) >= 11 is 0. The highest BCUT2D eigenvalue weighted by Crippen LogP contribution is 2.29. The zero-order valence-electron chi connectivity index (χ0n) is 12.1. The van der Waals surface area contributed by atoms with E-state index in [2.05, 4.69) is 10.3 Å². The Balaban J connectivity index is 2.01. The number of carbonyl (C=O) groups excluding carboxylic acids is 2. The van der Waals surface area contributed by atoms with Gasteiger partial charge in [-0.1, -0.05) is 18.2 Å². The lowest BCUT2D eigenvalue weighted by molar-refractivity contribution is -0.118. The minimum Gasteiger partial charge on any atom is -0.309 e. The molecule has 0 spiro atoms. The minimum atomic E-state index is -3.91. The second-order valence-electron chi connectivity index (χ2n) is 4.99. The Morgan fingerprint density at radius 3 is 2.57 bits per heavy atom. The van der Waals surface area contributed by atoms with E-state index in [1.807, 2.05) is 0 Å². The molecule has 1 unspecified atom stereocenters. The molecule has 2 aromatic rings. The third-order valence-corrected chi connectivity index (χ3v) is 5.47. The highest BCUT2D eigenvalue weighted by molar-refractivity contribution is 7.89. The highest BCUT2D eigenvalue weighted by atomic mass is 32.2. The van der Waals surface area contributed by atoms with Gasteiger partial charge in [0.25, 0.3) is 5.91 Å². The molecule has 1 aromatic heterocycles. The first kappa shape index (κ1) is 15.3. The molecule has 3 rings (SSSR count). The molecule has 7 nitrogen and oxygen atoms in total. The summed E-state index contributed by atoms with van der Waals surface area (Å²) in [7, 11) is -2.69. The van der Waals surface area contributed by atoms with Crippen molar-refractivity contribution in [2.75, 3.05) is 12.4 Å². The van der Waals surface area contributed by atoms with Crippen LogP contribution in [-0.2, 0) is 14.8 Å². The van der Waals surface area contributed by atoms with E-state index in [1.54, 1.807) is 24.3 Å². The second kappa shape index (κ2) is 5.56. The van der Waals surface area contributed by atoms with E-state index in [0.29, 0.717) is 0 Å². The number of amides is 1. The fourth-order valence-corrected chi connectivity index (χ4v) is 3.89. The number of likely N-dealkylation sites (N-methyl/N-ethyl adjacent to an activating group) is 1. The summed E-state index contributed by atoms with van der Waals surface area (Å²) in [5.74, 6) is -1.06. The lowest BCUT2D eigenvalue weighted by Crippen LogP contribution is -2.53. The van der Waals surface area contributed by atoms with Crippen molar-refractivity contribution >= 4 is 27.5 Å². The van der Waals surface area contributed by atoms with Crippen molar-refractivity contribution in [1.29, 1.82) is 0 Å². The SMILES string of the molecule is CN1C(C(=O)Nc2ccccn2)C(=O)c2ccccc2S1(=O)=O. The van der Waals surface area contributed by atoms with Gasteiger partial charge in [-0.2, -0.15) is 4.31 Å². The number of benzene rings is 1. The summed E-state index contributed by atoms with van der Waals surface area (Å²) in [6.45, 7) is 0. The van der Waals surface area contributed by atoms with E-state index in [0.717, 1.165) is 4.31 Å². The van der Waals surface area contributed by atoms with Gasteiger partial charge < -0.3 is 5.32 Å². The maximum atomic E-state index is 12.6. The van der Waals surface area contributed by atoms with Gasteiger partial charge in [0.15, 0.2) is 11.8 Å². The molecule has 0 bridgehead atoms. The predicted molar refractivity (Wildman–Crippen MR) is 82.4 cm³/mol. The molecule has 23 heavy (non-hydrogen) atoms. The van der Waals surface area contributed by atoms with Crippen molar-refractivity contribution in [2.24, 2.45) is 0 Å². The lowest BCUT2D eigenvalue weighted by atomic mass is 10.0. The van der Waals surface area contributed by atoms with Gasteiger partial charge >= 0.3 is 0 Å². The molecule has 8 heteroatoms. The average molecular weight is 331 g/mol. The van der Waals surface area contributed by atoms with Crippen molar-refractivity contribution in [3.05, 3.63) is 54.2 Å². The standard InChI is InChI=1S/C15H13N3O4S/c1-18-13(15(20)17-12-8-4-5-9-16-12)14(19)10-6-2-3-7-11(10)23(18,21)22/h2-9,13H,1H3,(H,16,17,20). The van der Waals surface area contributed by atoms with E-state index >= 15 is 0 Å². The van der Waals surface area contributed by atoms with Gasteiger partial charge in [-0.3, -0.25) is 9.59 Å². The second-order valence-corrected chi connectivity index (χ2v) is 6.95. The first-order valence-electron chi connectivity index (χ1n) is 6.76. The summed E-state index contributed by atoms with van der Waals surface area (Å²) in [6.07, 6.45) is 1.48. The van der Waals surface area contributed by atoms with Crippen LogP contribution in [0.2, 0.25) is 0 Å². The molecule has 1 aliphatic rings. The molecule has 0 fully saturated rings. The van der Waals surface area contributed by atoms with Crippen molar-refractivity contribution in [3.63, 3.8) is 0 Å². The van der Waals surface area contributed by atoms with Crippen LogP contribution in [0, 0.1) is 0 Å². The maximum absolute atomic E-state index is 12.6. The van der Waals surface area contributed by atoms with Crippen LogP contribution in [0.1, 0.15) is 10.4 Å². The molecule has 0 aliphatic carbocycles. The van der Waals surface area contributed by atoms with Crippen molar-refractivity contribution < 1.29 is 18.0 Å². The van der Waals surface area contributed by atoms with Crippen LogP contribution in [0.25, 0.3) is 0 Å². The van der Waals surface area contributed by atoms with Crippen LogP contribution in [0.5, 0.6) is 0 Å². The van der Waals surface area contributed by atoms with E-state index in [1.165, 1.54) is 31.4 Å². The van der Waals surface area contributed by atoms with Gasteiger partial charge in [0, 0.05) is 18.8 Å². The minimum absolute atomic E-state index is 0.0202. The summed E-state index contributed by atoms with van der Waals surface area (Å²) in [5.41, 5.74) is 0.0202. The molecule has 1 amide bonds. The molecule has 1 N–H and O–H groups in total. The Morgan fingerprint density at radius 2 is 1.87 bits per heavy atom. The Bertz CT molecular complexity index is 881. The Hall–Kier alpha value is -2.58. The number of rotatable bonds is 2. The van der Waals surface area contributed by atoms with Crippen molar-refractivity contribution in [2.45, 2.75) is 10.9 Å². The number of carbonyl (C=O) groups is 2. The molecule has 0 saturated heterocycles. The molecule has 0 saturated carbocycles. The number of fused-ring (bicyclic) bond motifs is 1. The van der Waals surface area contributed by atoms with E-state index in [-0.39, 0.29) is 16.3 Å². The summed E-state index contributed by atoms with van der Waals surface area (Å²) in [5, 5.41) is 2.46. The normalized spacial score (nSPS) is 19.9. The third kappa shape index (κ3) is 2.51. The Kier molecular flexibility index (Phi) is 3.70. The van der Waals surface area contributed by atoms with E-state index < -0.39 is 27.8 Å². The molecule has 1 aromatic carbocycles. The molecule has 0 radical (unpaired) electrons. The van der Waals surface area contributed by atoms with E-state index in [4.69, 9.17) is 0 Å². The van der Waals surface area contributed by atoms with Gasteiger partial charge in [0.2, 0.25) is 10.0 Å². The number of anilines is 1. The summed E-state index contributed by atoms with van der Waals surface area (Å²) < 4.78 is 25.8. The first-order chi connectivity index (χ1) is 10.9. The van der Waals surface area contributed by atoms with E-state index in [9.17, 15) is 18.0 Å². The van der Waals surface area contributed by atoms with Crippen LogP contribution >= 0.6 is 0 Å². The monoisotopic (exact) mass is 331 g/mol. The number of hydrogen-bond donors (Lipinski definition) is 1. The molecule has 1 aliphatic heterocycles. The van der Waals surface area contributed by atoms with Crippen molar-refractivity contribution in [1.82, 2.24) is 9.29 Å². The number of aromatic nitrogens is 1. The lowest BCUT2D eigenvalue weighted by Gasteiger charge is -2.30. The Morgan fingerprint density at radius 1 is 1.17 bits per heavy atom. The number of Topliss-reactive ketones (excluding diaryl/α,β-unsaturated/α-hetero) is 1. The topological polar surface area (TPSA) is 96.4 Å². The van der Waals surface area contributed by atoms with Gasteiger partial charge in [-0.05, 0) is 24.3 Å². The number of hydrogen-bond acceptors (Lipinski definition) is 5. The van der Waals surface area contributed by atoms with Crippen LogP contribution in [-0.4, -0.2) is 42.5 Å². The third-order valence-electron chi connectivity index (χ3n) is 3.59. The largest absolute Gasteiger partial charge is 0.309 e. The average Bonchev–Trinajstić information content (AvgIpc) is 2.54. The van der Waals surface area contributed by atoms with Crippen molar-refractivity contribution in [3.8, 4) is 0 Å². The number of nitrogens with one attached hydrogen (secondary N) is 1. The highest BCUT2D eigenvalue weighted by Gasteiger charge is 2.45. The van der Waals surface area contributed by atoms with Crippen LogP contribution in [0.4, 0.5) is 5.82 Å². The smallest absolute Gasteiger partial charge is 0.251 e. The van der Waals surface area contributed by atoms with Crippen LogP contribution in [0.3, 0.4) is 0 Å². The zero-order valence-corrected chi connectivity index (χ0v) is 12.9. The van der Waals surface area contributed by atoms with Crippen LogP contribution in [0.15, 0.2) is 53.6 Å². The number of ketones is 1. The molecule has 118 valence electrons. The summed E-state index contributed by atoms with van der Waals surface area (Å²) in [4.78, 5) is 28.8. The number of pyridine rings is 1. The summed E-state index contributed by atoms with van der Waals surface area (Å²) in [6, 6.07) is 9.28. The fraction of sp³-hybridized carbons (Fsp3) is 0.133. The Labute approximate surface area is 133 Å². The molecule has 2 heterocycles. The van der Waals surface area contributed by atoms with Gasteiger partial charge in [0.05, 0.1) is 4.90 Å². The van der Waals surface area contributed by atoms with Gasteiger partial charge in [0.1, 0.15) is 5.82 Å². The molecule has 1 atom stereocenters.